The molecule has 4 nitrogen and oxygen atoms in total. The Morgan fingerprint density at radius 2 is 1.95 bits per heavy atom. The summed E-state index contributed by atoms with van der Waals surface area (Å²) in [5.41, 5.74) is 4.62. The molecule has 0 aliphatic heterocycles. The highest BCUT2D eigenvalue weighted by Gasteiger charge is 2.16. The fraction of sp³-hybridized carbons (Fsp3) is 0.0909. The van der Waals surface area contributed by atoms with E-state index in [1.165, 1.54) is 5.38 Å². The van der Waals surface area contributed by atoms with Gasteiger partial charge in [0.1, 0.15) is 29.6 Å². The van der Waals surface area contributed by atoms with E-state index in [2.05, 4.69) is 4.37 Å². The summed E-state index contributed by atoms with van der Waals surface area (Å²) in [6, 6.07) is 1.08. The van der Waals surface area contributed by atoms with E-state index in [1.54, 1.807) is 0 Å². The number of benzene rings is 1. The molecule has 1 heterocycles. The largest absolute Gasteiger partial charge is 0.471 e. The zero-order valence-electron chi connectivity index (χ0n) is 9.32. The van der Waals surface area contributed by atoms with E-state index in [9.17, 15) is 18.0 Å². The molecule has 100 valence electrons. The molecule has 1 aromatic carbocycles. The van der Waals surface area contributed by atoms with E-state index in [0.717, 1.165) is 11.5 Å². The minimum Gasteiger partial charge on any atom is -0.471 e. The van der Waals surface area contributed by atoms with Crippen LogP contribution in [0.25, 0.3) is 0 Å². The Balaban J connectivity index is 2.19. The number of aromatic nitrogens is 1. The number of carbonyl (C=O) groups excluding carboxylic acids is 1. The fourth-order valence-electron chi connectivity index (χ4n) is 1.34. The number of halogens is 3. The number of primary amides is 1. The van der Waals surface area contributed by atoms with E-state index in [-0.39, 0.29) is 11.4 Å². The molecule has 0 aliphatic carbocycles. The van der Waals surface area contributed by atoms with Crippen molar-refractivity contribution in [1.82, 2.24) is 4.37 Å². The summed E-state index contributed by atoms with van der Waals surface area (Å²) in [7, 11) is 0. The average Bonchev–Trinajstić information content (AvgIpc) is 2.75. The van der Waals surface area contributed by atoms with E-state index < -0.39 is 35.5 Å². The molecule has 19 heavy (non-hydrogen) atoms. The third kappa shape index (κ3) is 2.84. The van der Waals surface area contributed by atoms with Gasteiger partial charge in [-0.2, -0.15) is 4.37 Å². The predicted molar refractivity (Wildman–Crippen MR) is 61.3 cm³/mol. The van der Waals surface area contributed by atoms with E-state index in [0.29, 0.717) is 12.1 Å². The zero-order valence-corrected chi connectivity index (χ0v) is 10.1. The summed E-state index contributed by atoms with van der Waals surface area (Å²) >= 11 is 0.917. The van der Waals surface area contributed by atoms with Crippen LogP contribution in [-0.4, -0.2) is 10.3 Å². The molecule has 0 spiro atoms. The van der Waals surface area contributed by atoms with Crippen molar-refractivity contribution in [3.63, 3.8) is 0 Å². The normalized spacial score (nSPS) is 10.5. The van der Waals surface area contributed by atoms with Gasteiger partial charge in [-0.3, -0.25) is 4.79 Å². The van der Waals surface area contributed by atoms with Crippen molar-refractivity contribution in [1.29, 1.82) is 0 Å². The van der Waals surface area contributed by atoms with Gasteiger partial charge < -0.3 is 10.5 Å². The molecule has 0 saturated carbocycles. The van der Waals surface area contributed by atoms with Crippen LogP contribution in [0.4, 0.5) is 13.2 Å². The summed E-state index contributed by atoms with van der Waals surface area (Å²) < 4.78 is 48.1. The Labute approximate surface area is 109 Å². The van der Waals surface area contributed by atoms with Gasteiger partial charge in [0.15, 0.2) is 0 Å². The molecule has 0 unspecified atom stereocenters. The van der Waals surface area contributed by atoms with Crippen LogP contribution in [0.5, 0.6) is 5.88 Å². The van der Waals surface area contributed by atoms with Crippen molar-refractivity contribution < 1.29 is 22.7 Å². The van der Waals surface area contributed by atoms with Crippen molar-refractivity contribution in [3.05, 3.63) is 46.1 Å². The minimum absolute atomic E-state index is 0.0212. The first kappa shape index (κ1) is 13.3. The molecule has 0 bridgehead atoms. The number of rotatable bonds is 4. The predicted octanol–water partition coefficient (Wildman–Crippen LogP) is 2.24. The number of ether oxygens (including phenoxy) is 1. The Morgan fingerprint density at radius 3 is 2.53 bits per heavy atom. The first-order valence-corrected chi connectivity index (χ1v) is 5.83. The number of carbonyl (C=O) groups is 1. The van der Waals surface area contributed by atoms with Crippen LogP contribution in [0, 0.1) is 17.5 Å². The molecule has 0 aliphatic rings. The molecule has 2 aromatic rings. The van der Waals surface area contributed by atoms with Gasteiger partial charge in [-0.25, -0.2) is 13.2 Å². The quantitative estimate of drug-likeness (QED) is 0.938. The zero-order chi connectivity index (χ0) is 14.0. The van der Waals surface area contributed by atoms with Crippen LogP contribution in [0.15, 0.2) is 17.5 Å². The van der Waals surface area contributed by atoms with Crippen LogP contribution in [0.3, 0.4) is 0 Å². The topological polar surface area (TPSA) is 65.2 Å². The van der Waals surface area contributed by atoms with Crippen molar-refractivity contribution in [2.75, 3.05) is 0 Å². The van der Waals surface area contributed by atoms with Crippen LogP contribution in [0.1, 0.15) is 15.9 Å². The van der Waals surface area contributed by atoms with Crippen molar-refractivity contribution in [2.24, 2.45) is 5.73 Å². The maximum Gasteiger partial charge on any atom is 0.255 e. The van der Waals surface area contributed by atoms with Crippen LogP contribution >= 0.6 is 11.5 Å². The first-order chi connectivity index (χ1) is 8.99. The lowest BCUT2D eigenvalue weighted by Gasteiger charge is -2.07. The lowest BCUT2D eigenvalue weighted by Crippen LogP contribution is -2.12. The van der Waals surface area contributed by atoms with Gasteiger partial charge >= 0.3 is 0 Å². The molecule has 1 amide bonds. The Hall–Kier alpha value is -2.09. The first-order valence-electron chi connectivity index (χ1n) is 4.99. The van der Waals surface area contributed by atoms with Crippen molar-refractivity contribution >= 4 is 17.4 Å². The third-order valence-corrected chi connectivity index (χ3v) is 2.87. The van der Waals surface area contributed by atoms with Crippen LogP contribution in [-0.2, 0) is 6.61 Å². The van der Waals surface area contributed by atoms with E-state index in [1.807, 2.05) is 0 Å². The highest BCUT2D eigenvalue weighted by molar-refractivity contribution is 7.04. The number of amides is 1. The highest BCUT2D eigenvalue weighted by atomic mass is 32.1. The van der Waals surface area contributed by atoms with Gasteiger partial charge in [-0.15, -0.1) is 0 Å². The van der Waals surface area contributed by atoms with Gasteiger partial charge in [0.25, 0.3) is 5.91 Å². The standard InChI is InChI=1S/C11H7F3N2O2S/c12-5-1-8(13)6(9(14)2-5)3-18-11-7(10(15)17)4-19-16-11/h1-2,4H,3H2,(H2,15,17). The lowest BCUT2D eigenvalue weighted by molar-refractivity contribution is 0.0996. The summed E-state index contributed by atoms with van der Waals surface area (Å²) in [5.74, 6) is -4.05. The van der Waals surface area contributed by atoms with Gasteiger partial charge in [-0.05, 0) is 11.5 Å². The van der Waals surface area contributed by atoms with Crippen LogP contribution < -0.4 is 10.5 Å². The second kappa shape index (κ2) is 5.27. The van der Waals surface area contributed by atoms with Crippen molar-refractivity contribution in [2.45, 2.75) is 6.61 Å². The molecular formula is C11H7F3N2O2S. The molecule has 1 aromatic heterocycles. The number of nitrogens with two attached hydrogens (primary N) is 1. The summed E-state index contributed by atoms with van der Waals surface area (Å²) in [5, 5.41) is 1.36. The number of nitrogens with zero attached hydrogens (tertiary/aromatic N) is 1. The molecule has 0 fully saturated rings. The second-order valence-corrected chi connectivity index (χ2v) is 4.16. The smallest absolute Gasteiger partial charge is 0.255 e. The Bertz CT molecular complexity index is 607. The van der Waals surface area contributed by atoms with E-state index in [4.69, 9.17) is 10.5 Å². The summed E-state index contributed by atoms with van der Waals surface area (Å²) in [6.45, 7) is -0.526. The molecule has 2 N–H and O–H groups in total. The molecule has 0 radical (unpaired) electrons. The second-order valence-electron chi connectivity index (χ2n) is 3.53. The monoisotopic (exact) mass is 288 g/mol. The fourth-order valence-corrected chi connectivity index (χ4v) is 1.97. The van der Waals surface area contributed by atoms with Crippen LogP contribution in [0.2, 0.25) is 0 Å². The maximum absolute atomic E-state index is 13.3. The van der Waals surface area contributed by atoms with Gasteiger partial charge in [0.05, 0.1) is 5.56 Å². The highest BCUT2D eigenvalue weighted by Crippen LogP contribution is 2.21. The number of hydrogen-bond donors (Lipinski definition) is 1. The summed E-state index contributed by atoms with van der Waals surface area (Å²) in [4.78, 5) is 11.0. The van der Waals surface area contributed by atoms with E-state index >= 15 is 0 Å². The molecule has 0 saturated heterocycles. The van der Waals surface area contributed by atoms with Crippen molar-refractivity contribution in [3.8, 4) is 5.88 Å². The number of hydrogen-bond acceptors (Lipinski definition) is 4. The average molecular weight is 288 g/mol. The SMILES string of the molecule is NC(=O)c1csnc1OCc1c(F)cc(F)cc1F. The molecule has 0 atom stereocenters. The summed E-state index contributed by atoms with van der Waals surface area (Å²) in [6.07, 6.45) is 0. The lowest BCUT2D eigenvalue weighted by atomic mass is 10.2. The Kier molecular flexibility index (Phi) is 3.70. The third-order valence-electron chi connectivity index (χ3n) is 2.26. The molecular weight excluding hydrogens is 281 g/mol. The van der Waals surface area contributed by atoms with Gasteiger partial charge in [-0.1, -0.05) is 0 Å². The van der Waals surface area contributed by atoms with Gasteiger partial charge in [0.2, 0.25) is 5.88 Å². The molecule has 8 heteroatoms. The van der Waals surface area contributed by atoms with Gasteiger partial charge in [0, 0.05) is 17.5 Å². The Morgan fingerprint density at radius 1 is 1.32 bits per heavy atom. The molecule has 2 rings (SSSR count). The maximum atomic E-state index is 13.3. The minimum atomic E-state index is -1.08.